The Hall–Kier alpha value is -1.85. The van der Waals surface area contributed by atoms with E-state index in [9.17, 15) is 14.7 Å². The molecule has 0 aromatic carbocycles. The molecule has 0 aliphatic heterocycles. The topological polar surface area (TPSA) is 84.2 Å². The van der Waals surface area contributed by atoms with Crippen LogP contribution >= 0.6 is 0 Å². The summed E-state index contributed by atoms with van der Waals surface area (Å²) in [6, 6.07) is 0. The number of rotatable bonds is 5. The number of aryl methyl sites for hydroxylation is 1. The van der Waals surface area contributed by atoms with Crippen LogP contribution in [0.5, 0.6) is 0 Å². The van der Waals surface area contributed by atoms with Crippen LogP contribution < -0.4 is 5.32 Å². The maximum absolute atomic E-state index is 11.8. The first-order chi connectivity index (χ1) is 8.94. The molecule has 1 heterocycles. The molecule has 19 heavy (non-hydrogen) atoms. The predicted molar refractivity (Wildman–Crippen MR) is 68.3 cm³/mol. The molecule has 0 spiro atoms. The van der Waals surface area contributed by atoms with E-state index in [2.05, 4.69) is 10.4 Å². The van der Waals surface area contributed by atoms with Gasteiger partial charge in [-0.2, -0.15) is 5.10 Å². The predicted octanol–water partition coefficient (Wildman–Crippen LogP) is 0.990. The minimum absolute atomic E-state index is 0.0711. The molecule has 6 nitrogen and oxygen atoms in total. The molecule has 1 saturated carbocycles. The maximum atomic E-state index is 11.8. The van der Waals surface area contributed by atoms with Gasteiger partial charge in [0, 0.05) is 31.3 Å². The van der Waals surface area contributed by atoms with Crippen LogP contribution in [-0.2, 0) is 23.2 Å². The lowest BCUT2D eigenvalue weighted by Gasteiger charge is -2.36. The van der Waals surface area contributed by atoms with E-state index in [1.165, 1.54) is 0 Å². The van der Waals surface area contributed by atoms with Crippen molar-refractivity contribution in [2.24, 2.45) is 12.5 Å². The molecular weight excluding hydrogens is 246 g/mol. The van der Waals surface area contributed by atoms with Crippen molar-refractivity contribution in [3.63, 3.8) is 0 Å². The van der Waals surface area contributed by atoms with Crippen molar-refractivity contribution >= 4 is 11.9 Å². The lowest BCUT2D eigenvalue weighted by Crippen LogP contribution is -2.42. The third-order valence-electron chi connectivity index (χ3n) is 4.08. The Morgan fingerprint density at radius 2 is 2.21 bits per heavy atom. The summed E-state index contributed by atoms with van der Waals surface area (Å²) in [5.41, 5.74) is 1.12. The van der Waals surface area contributed by atoms with Crippen LogP contribution in [0.4, 0.5) is 0 Å². The molecule has 1 aliphatic rings. The largest absolute Gasteiger partial charge is 0.481 e. The van der Waals surface area contributed by atoms with Crippen molar-refractivity contribution in [1.29, 1.82) is 0 Å². The Bertz CT molecular complexity index is 503. The average Bonchev–Trinajstić information content (AvgIpc) is 2.62. The highest BCUT2D eigenvalue weighted by Gasteiger charge is 2.45. The second-order valence-electron chi connectivity index (χ2n) is 5.27. The number of aliphatic carboxylic acids is 1. The van der Waals surface area contributed by atoms with Gasteiger partial charge < -0.3 is 10.4 Å². The van der Waals surface area contributed by atoms with E-state index in [4.69, 9.17) is 0 Å². The van der Waals surface area contributed by atoms with Crippen LogP contribution in [-0.4, -0.2) is 26.8 Å². The Balaban J connectivity index is 1.88. The van der Waals surface area contributed by atoms with Crippen molar-refractivity contribution in [3.05, 3.63) is 17.5 Å². The highest BCUT2D eigenvalue weighted by molar-refractivity contribution is 5.85. The first-order valence-corrected chi connectivity index (χ1v) is 6.42. The molecule has 1 aromatic heterocycles. The molecule has 2 N–H and O–H groups in total. The summed E-state index contributed by atoms with van der Waals surface area (Å²) in [6.45, 7) is 2.33. The van der Waals surface area contributed by atoms with Gasteiger partial charge in [0.1, 0.15) is 0 Å². The molecule has 0 atom stereocenters. The van der Waals surface area contributed by atoms with Crippen LogP contribution in [0.3, 0.4) is 0 Å². The SMILES string of the molecule is Cc1c(CNC(=O)CC2(C(=O)O)CCC2)cnn1C. The number of aromatic nitrogens is 2. The minimum Gasteiger partial charge on any atom is -0.481 e. The quantitative estimate of drug-likeness (QED) is 0.831. The zero-order chi connectivity index (χ0) is 14.0. The van der Waals surface area contributed by atoms with Gasteiger partial charge in [0.15, 0.2) is 0 Å². The van der Waals surface area contributed by atoms with E-state index >= 15 is 0 Å². The van der Waals surface area contributed by atoms with Crippen LogP contribution in [0.1, 0.15) is 36.9 Å². The van der Waals surface area contributed by atoms with Crippen molar-refractivity contribution in [2.45, 2.75) is 39.2 Å². The summed E-state index contributed by atoms with van der Waals surface area (Å²) in [7, 11) is 1.84. The first-order valence-electron chi connectivity index (χ1n) is 6.42. The fourth-order valence-electron chi connectivity index (χ4n) is 2.35. The van der Waals surface area contributed by atoms with E-state index in [0.717, 1.165) is 17.7 Å². The van der Waals surface area contributed by atoms with E-state index in [0.29, 0.717) is 19.4 Å². The van der Waals surface area contributed by atoms with Gasteiger partial charge in [0.05, 0.1) is 11.6 Å². The average molecular weight is 265 g/mol. The van der Waals surface area contributed by atoms with Crippen LogP contribution in [0.2, 0.25) is 0 Å². The highest BCUT2D eigenvalue weighted by Crippen LogP contribution is 2.44. The lowest BCUT2D eigenvalue weighted by molar-refractivity contribution is -0.157. The van der Waals surface area contributed by atoms with Crippen molar-refractivity contribution in [3.8, 4) is 0 Å². The summed E-state index contributed by atoms with van der Waals surface area (Å²) >= 11 is 0. The van der Waals surface area contributed by atoms with Crippen molar-refractivity contribution in [1.82, 2.24) is 15.1 Å². The molecule has 1 aliphatic carbocycles. The number of nitrogens with zero attached hydrogens (tertiary/aromatic N) is 2. The second kappa shape index (κ2) is 5.03. The number of carboxylic acids is 1. The van der Waals surface area contributed by atoms with Gasteiger partial charge in [-0.15, -0.1) is 0 Å². The number of hydrogen-bond donors (Lipinski definition) is 2. The van der Waals surface area contributed by atoms with E-state index in [1.807, 2.05) is 14.0 Å². The van der Waals surface area contributed by atoms with Crippen molar-refractivity contribution < 1.29 is 14.7 Å². The molecule has 0 bridgehead atoms. The monoisotopic (exact) mass is 265 g/mol. The number of amides is 1. The normalized spacial score (nSPS) is 16.7. The Labute approximate surface area is 111 Å². The standard InChI is InChI=1S/C13H19N3O3/c1-9-10(8-15-16(9)2)7-14-11(17)6-13(12(18)19)4-3-5-13/h8H,3-7H2,1-2H3,(H,14,17)(H,18,19). The van der Waals surface area contributed by atoms with E-state index in [1.54, 1.807) is 10.9 Å². The summed E-state index contributed by atoms with van der Waals surface area (Å²) in [5.74, 6) is -1.06. The van der Waals surface area contributed by atoms with E-state index in [-0.39, 0.29) is 12.3 Å². The summed E-state index contributed by atoms with van der Waals surface area (Å²) in [4.78, 5) is 23.0. The smallest absolute Gasteiger partial charge is 0.310 e. The molecule has 1 aromatic rings. The molecule has 1 fully saturated rings. The van der Waals surface area contributed by atoms with Gasteiger partial charge in [-0.3, -0.25) is 14.3 Å². The summed E-state index contributed by atoms with van der Waals surface area (Å²) in [5, 5.41) is 16.0. The highest BCUT2D eigenvalue weighted by atomic mass is 16.4. The molecular formula is C13H19N3O3. The molecule has 104 valence electrons. The van der Waals surface area contributed by atoms with Gasteiger partial charge in [0.2, 0.25) is 5.91 Å². The number of carbonyl (C=O) groups is 2. The molecule has 0 saturated heterocycles. The Morgan fingerprint density at radius 1 is 1.53 bits per heavy atom. The third-order valence-corrected chi connectivity index (χ3v) is 4.08. The fourth-order valence-corrected chi connectivity index (χ4v) is 2.35. The Kier molecular flexibility index (Phi) is 3.59. The second-order valence-corrected chi connectivity index (χ2v) is 5.27. The zero-order valence-electron chi connectivity index (χ0n) is 11.3. The van der Waals surface area contributed by atoms with Gasteiger partial charge in [0.25, 0.3) is 0 Å². The van der Waals surface area contributed by atoms with Crippen LogP contribution in [0, 0.1) is 12.3 Å². The number of hydrogen-bond acceptors (Lipinski definition) is 3. The molecule has 2 rings (SSSR count). The first kappa shape index (κ1) is 13.6. The zero-order valence-corrected chi connectivity index (χ0v) is 11.3. The summed E-state index contributed by atoms with van der Waals surface area (Å²) < 4.78 is 1.74. The Morgan fingerprint density at radius 3 is 2.63 bits per heavy atom. The summed E-state index contributed by atoms with van der Waals surface area (Å²) in [6.07, 6.45) is 3.87. The van der Waals surface area contributed by atoms with Gasteiger partial charge in [-0.05, 0) is 19.8 Å². The molecule has 1 amide bonds. The number of carbonyl (C=O) groups excluding carboxylic acids is 1. The molecule has 6 heteroatoms. The maximum Gasteiger partial charge on any atom is 0.310 e. The minimum atomic E-state index is -0.855. The number of nitrogens with one attached hydrogen (secondary N) is 1. The van der Waals surface area contributed by atoms with Gasteiger partial charge in [-0.25, -0.2) is 0 Å². The van der Waals surface area contributed by atoms with Gasteiger partial charge >= 0.3 is 5.97 Å². The lowest BCUT2D eigenvalue weighted by atomic mass is 9.66. The molecule has 0 unspecified atom stereocenters. The van der Waals surface area contributed by atoms with Gasteiger partial charge in [-0.1, -0.05) is 6.42 Å². The van der Waals surface area contributed by atoms with E-state index < -0.39 is 11.4 Å². The number of carboxylic acid groups (broad SMARTS) is 1. The fraction of sp³-hybridized carbons (Fsp3) is 0.615. The van der Waals surface area contributed by atoms with Crippen LogP contribution in [0.15, 0.2) is 6.20 Å². The third kappa shape index (κ3) is 2.62. The molecule has 0 radical (unpaired) electrons. The van der Waals surface area contributed by atoms with Crippen LogP contribution in [0.25, 0.3) is 0 Å². The van der Waals surface area contributed by atoms with Crippen molar-refractivity contribution in [2.75, 3.05) is 0 Å².